The summed E-state index contributed by atoms with van der Waals surface area (Å²) in [7, 11) is 2.87. The number of nitrogens with zero attached hydrogens (tertiary/aromatic N) is 1. The Morgan fingerprint density at radius 1 is 1.22 bits per heavy atom. The van der Waals surface area contributed by atoms with E-state index in [0.717, 1.165) is 10.5 Å². The highest BCUT2D eigenvalue weighted by Crippen LogP contribution is 2.20. The number of hydrogen-bond acceptors (Lipinski definition) is 6. The van der Waals surface area contributed by atoms with Crippen molar-refractivity contribution in [1.29, 1.82) is 0 Å². The molecule has 0 radical (unpaired) electrons. The van der Waals surface area contributed by atoms with Crippen LogP contribution in [0.15, 0.2) is 24.3 Å². The highest BCUT2D eigenvalue weighted by Gasteiger charge is 2.40. The number of imide groups is 1. The summed E-state index contributed by atoms with van der Waals surface area (Å²) in [5, 5.41) is 0. The van der Waals surface area contributed by atoms with E-state index in [2.05, 4.69) is 4.74 Å². The fourth-order valence-corrected chi connectivity index (χ4v) is 2.29. The van der Waals surface area contributed by atoms with Crippen molar-refractivity contribution < 1.29 is 28.6 Å². The molecule has 0 saturated carbocycles. The van der Waals surface area contributed by atoms with Gasteiger partial charge in [-0.25, -0.2) is 9.69 Å². The summed E-state index contributed by atoms with van der Waals surface area (Å²) in [5.41, 5.74) is 0.869. The monoisotopic (exact) mass is 321 g/mol. The normalized spacial score (nSPS) is 17.1. The molecular weight excluding hydrogens is 302 g/mol. The number of hydrogen-bond donors (Lipinski definition) is 0. The molecule has 1 heterocycles. The lowest BCUT2D eigenvalue weighted by Crippen LogP contribution is -2.33. The second-order valence-corrected chi connectivity index (χ2v) is 5.09. The van der Waals surface area contributed by atoms with Crippen molar-refractivity contribution in [3.05, 3.63) is 29.8 Å². The Labute approximate surface area is 134 Å². The van der Waals surface area contributed by atoms with Gasteiger partial charge in [0.15, 0.2) is 6.10 Å². The summed E-state index contributed by atoms with van der Waals surface area (Å²) in [6, 6.07) is 7.20. The molecule has 7 heteroatoms. The van der Waals surface area contributed by atoms with Crippen LogP contribution >= 0.6 is 0 Å². The molecule has 1 aromatic rings. The van der Waals surface area contributed by atoms with E-state index < -0.39 is 12.2 Å². The minimum atomic E-state index is -0.825. The molecule has 1 saturated heterocycles. The smallest absolute Gasteiger partial charge is 0.417 e. The maximum Gasteiger partial charge on any atom is 0.417 e. The Morgan fingerprint density at radius 3 is 2.52 bits per heavy atom. The molecule has 1 unspecified atom stereocenters. The van der Waals surface area contributed by atoms with Crippen LogP contribution in [-0.2, 0) is 25.5 Å². The lowest BCUT2D eigenvalue weighted by Gasteiger charge is -2.10. The number of ether oxygens (including phenoxy) is 3. The van der Waals surface area contributed by atoms with Crippen molar-refractivity contribution in [2.45, 2.75) is 25.4 Å². The SMILES string of the molecule is COC(=O)CCCN1C(=O)OC(Cc2ccc(OC)cc2)C1=O. The highest BCUT2D eigenvalue weighted by molar-refractivity contribution is 6.00. The molecule has 7 nitrogen and oxygen atoms in total. The Bertz CT molecular complexity index is 583. The lowest BCUT2D eigenvalue weighted by molar-refractivity contribution is -0.141. The van der Waals surface area contributed by atoms with Crippen molar-refractivity contribution in [3.63, 3.8) is 0 Å². The molecule has 0 aliphatic carbocycles. The Balaban J connectivity index is 1.90. The van der Waals surface area contributed by atoms with Crippen LogP contribution in [0.5, 0.6) is 5.75 Å². The van der Waals surface area contributed by atoms with Crippen molar-refractivity contribution in [3.8, 4) is 5.75 Å². The van der Waals surface area contributed by atoms with Gasteiger partial charge in [0, 0.05) is 19.4 Å². The van der Waals surface area contributed by atoms with Crippen LogP contribution < -0.4 is 4.74 Å². The van der Waals surface area contributed by atoms with E-state index in [1.54, 1.807) is 19.2 Å². The predicted molar refractivity (Wildman–Crippen MR) is 79.9 cm³/mol. The summed E-state index contributed by atoms with van der Waals surface area (Å²) in [6.45, 7) is 0.145. The molecule has 1 atom stereocenters. The van der Waals surface area contributed by atoms with E-state index in [9.17, 15) is 14.4 Å². The fourth-order valence-electron chi connectivity index (χ4n) is 2.29. The average Bonchev–Trinajstić information content (AvgIpc) is 2.82. The number of esters is 1. The number of carbonyl (C=O) groups is 3. The zero-order chi connectivity index (χ0) is 16.8. The summed E-state index contributed by atoms with van der Waals surface area (Å²) in [5.74, 6) is -0.0385. The molecule has 1 fully saturated rings. The van der Waals surface area contributed by atoms with Gasteiger partial charge in [-0.2, -0.15) is 0 Å². The summed E-state index contributed by atoms with van der Waals surface area (Å²) < 4.78 is 14.7. The topological polar surface area (TPSA) is 82.1 Å². The first-order chi connectivity index (χ1) is 11.0. The van der Waals surface area contributed by atoms with Gasteiger partial charge >= 0.3 is 12.1 Å². The first kappa shape index (κ1) is 16.8. The van der Waals surface area contributed by atoms with Crippen LogP contribution in [0, 0.1) is 0 Å². The molecule has 0 N–H and O–H groups in total. The molecule has 2 rings (SSSR count). The number of amides is 2. The quantitative estimate of drug-likeness (QED) is 0.709. The summed E-state index contributed by atoms with van der Waals surface area (Å²) >= 11 is 0. The molecule has 2 amide bonds. The van der Waals surface area contributed by atoms with Gasteiger partial charge in [0.1, 0.15) is 5.75 Å². The number of cyclic esters (lactones) is 1. The molecule has 124 valence electrons. The zero-order valence-electron chi connectivity index (χ0n) is 13.1. The van der Waals surface area contributed by atoms with Crippen molar-refractivity contribution in [1.82, 2.24) is 4.90 Å². The van der Waals surface area contributed by atoms with Gasteiger partial charge in [-0.15, -0.1) is 0 Å². The van der Waals surface area contributed by atoms with Gasteiger partial charge in [0.05, 0.1) is 14.2 Å². The third kappa shape index (κ3) is 4.21. The second-order valence-electron chi connectivity index (χ2n) is 5.09. The molecule has 0 bridgehead atoms. The fraction of sp³-hybridized carbons (Fsp3) is 0.438. The van der Waals surface area contributed by atoms with E-state index in [0.29, 0.717) is 18.6 Å². The van der Waals surface area contributed by atoms with Gasteiger partial charge in [-0.05, 0) is 24.1 Å². The van der Waals surface area contributed by atoms with Crippen LogP contribution in [0.4, 0.5) is 4.79 Å². The van der Waals surface area contributed by atoms with Gasteiger partial charge < -0.3 is 14.2 Å². The van der Waals surface area contributed by atoms with E-state index in [4.69, 9.17) is 9.47 Å². The van der Waals surface area contributed by atoms with Gasteiger partial charge in [-0.3, -0.25) is 9.59 Å². The van der Waals surface area contributed by atoms with E-state index in [1.165, 1.54) is 7.11 Å². The first-order valence-electron chi connectivity index (χ1n) is 7.27. The van der Waals surface area contributed by atoms with Crippen LogP contribution in [0.25, 0.3) is 0 Å². The minimum absolute atomic E-state index is 0.145. The number of rotatable bonds is 7. The lowest BCUT2D eigenvalue weighted by atomic mass is 10.1. The van der Waals surface area contributed by atoms with E-state index >= 15 is 0 Å². The molecule has 1 aromatic carbocycles. The summed E-state index contributed by atoms with van der Waals surface area (Å²) in [6.07, 6.45) is -0.686. The first-order valence-corrected chi connectivity index (χ1v) is 7.27. The molecule has 0 aromatic heterocycles. The molecule has 1 aliphatic heterocycles. The van der Waals surface area contributed by atoms with Gasteiger partial charge in [0.2, 0.25) is 0 Å². The van der Waals surface area contributed by atoms with Crippen LogP contribution in [-0.4, -0.2) is 49.7 Å². The van der Waals surface area contributed by atoms with E-state index in [-0.39, 0.29) is 24.8 Å². The number of benzene rings is 1. The molecule has 0 spiro atoms. The van der Waals surface area contributed by atoms with Gasteiger partial charge in [0.25, 0.3) is 5.91 Å². The number of methoxy groups -OCH3 is 2. The average molecular weight is 321 g/mol. The Hall–Kier alpha value is -2.57. The molecular formula is C16H19NO6. The highest BCUT2D eigenvalue weighted by atomic mass is 16.6. The van der Waals surface area contributed by atoms with Crippen molar-refractivity contribution in [2.75, 3.05) is 20.8 Å². The maximum atomic E-state index is 12.2. The number of carbonyl (C=O) groups excluding carboxylic acids is 3. The largest absolute Gasteiger partial charge is 0.497 e. The Morgan fingerprint density at radius 2 is 1.91 bits per heavy atom. The van der Waals surface area contributed by atoms with Crippen LogP contribution in [0.3, 0.4) is 0 Å². The molecule has 23 heavy (non-hydrogen) atoms. The van der Waals surface area contributed by atoms with Crippen LogP contribution in [0.1, 0.15) is 18.4 Å². The van der Waals surface area contributed by atoms with Crippen molar-refractivity contribution in [2.24, 2.45) is 0 Å². The van der Waals surface area contributed by atoms with E-state index in [1.807, 2.05) is 12.1 Å². The van der Waals surface area contributed by atoms with Gasteiger partial charge in [-0.1, -0.05) is 12.1 Å². The third-order valence-electron chi connectivity index (χ3n) is 3.58. The van der Waals surface area contributed by atoms with Crippen LogP contribution in [0.2, 0.25) is 0 Å². The summed E-state index contributed by atoms with van der Waals surface area (Å²) in [4.78, 5) is 36.1. The second kappa shape index (κ2) is 7.62. The zero-order valence-corrected chi connectivity index (χ0v) is 13.1. The minimum Gasteiger partial charge on any atom is -0.497 e. The maximum absolute atomic E-state index is 12.2. The predicted octanol–water partition coefficient (Wildman–Crippen LogP) is 1.54. The third-order valence-corrected chi connectivity index (χ3v) is 3.58. The van der Waals surface area contributed by atoms with Crippen molar-refractivity contribution >= 4 is 18.0 Å². The molecule has 1 aliphatic rings. The Kier molecular flexibility index (Phi) is 5.56. The standard InChI is InChI=1S/C16H19NO6/c1-21-12-7-5-11(6-8-12)10-13-15(19)17(16(20)23-13)9-3-4-14(18)22-2/h5-8,13H,3-4,9-10H2,1-2H3.